The Kier molecular flexibility index (Phi) is 5.03. The monoisotopic (exact) mass is 377 g/mol. The zero-order chi connectivity index (χ0) is 18.7. The summed E-state index contributed by atoms with van der Waals surface area (Å²) in [6.45, 7) is 1.62. The molecule has 8 heteroatoms. The second kappa shape index (κ2) is 7.25. The summed E-state index contributed by atoms with van der Waals surface area (Å²) >= 11 is 1.28. The molecule has 0 spiro atoms. The van der Waals surface area contributed by atoms with Crippen molar-refractivity contribution >= 4 is 17.2 Å². The molecule has 1 N–H and O–H groups in total. The lowest BCUT2D eigenvalue weighted by atomic mass is 10.0. The molecule has 4 nitrogen and oxygen atoms in total. The van der Waals surface area contributed by atoms with Crippen molar-refractivity contribution in [1.82, 2.24) is 15.3 Å². The van der Waals surface area contributed by atoms with Crippen LogP contribution in [0, 0.1) is 0 Å². The number of pyridine rings is 1. The van der Waals surface area contributed by atoms with E-state index in [1.807, 2.05) is 6.07 Å². The molecule has 26 heavy (non-hydrogen) atoms. The van der Waals surface area contributed by atoms with Crippen LogP contribution in [0.25, 0.3) is 10.7 Å². The molecule has 0 bridgehead atoms. The van der Waals surface area contributed by atoms with Crippen LogP contribution in [0.15, 0.2) is 54.0 Å². The van der Waals surface area contributed by atoms with Gasteiger partial charge in [-0.15, -0.1) is 11.3 Å². The van der Waals surface area contributed by atoms with Gasteiger partial charge in [0.1, 0.15) is 10.7 Å². The summed E-state index contributed by atoms with van der Waals surface area (Å²) in [7, 11) is 0. The summed E-state index contributed by atoms with van der Waals surface area (Å²) < 4.78 is 38.5. The van der Waals surface area contributed by atoms with E-state index in [4.69, 9.17) is 0 Å². The van der Waals surface area contributed by atoms with Crippen molar-refractivity contribution in [3.05, 3.63) is 70.9 Å². The minimum atomic E-state index is -4.42. The average molecular weight is 377 g/mol. The van der Waals surface area contributed by atoms with Crippen LogP contribution in [0.1, 0.15) is 34.6 Å². The summed E-state index contributed by atoms with van der Waals surface area (Å²) in [4.78, 5) is 20.8. The lowest BCUT2D eigenvalue weighted by Crippen LogP contribution is -2.27. The van der Waals surface area contributed by atoms with Crippen molar-refractivity contribution in [2.45, 2.75) is 19.1 Å². The van der Waals surface area contributed by atoms with Crippen LogP contribution < -0.4 is 5.32 Å². The number of carbonyl (C=O) groups is 1. The molecule has 0 aliphatic carbocycles. The fraction of sp³-hybridized carbons (Fsp3) is 0.167. The quantitative estimate of drug-likeness (QED) is 0.716. The SMILES string of the molecule is CC(NC(=O)c1csc(-c2ccccn2)n1)c1cccc(C(F)(F)F)c1. The van der Waals surface area contributed by atoms with E-state index >= 15 is 0 Å². The van der Waals surface area contributed by atoms with Crippen LogP contribution >= 0.6 is 11.3 Å². The van der Waals surface area contributed by atoms with Gasteiger partial charge in [0.15, 0.2) is 0 Å². The molecule has 0 aliphatic rings. The van der Waals surface area contributed by atoms with E-state index in [0.29, 0.717) is 16.3 Å². The molecule has 3 aromatic rings. The first kappa shape index (κ1) is 18.1. The van der Waals surface area contributed by atoms with E-state index in [-0.39, 0.29) is 5.69 Å². The summed E-state index contributed by atoms with van der Waals surface area (Å²) in [6, 6.07) is 9.68. The van der Waals surface area contributed by atoms with Crippen LogP contribution in [0.3, 0.4) is 0 Å². The predicted molar refractivity (Wildman–Crippen MR) is 92.7 cm³/mol. The molecule has 2 heterocycles. The molecule has 0 fully saturated rings. The van der Waals surface area contributed by atoms with Gasteiger partial charge in [0.2, 0.25) is 0 Å². The first-order valence-electron chi connectivity index (χ1n) is 7.69. The first-order chi connectivity index (χ1) is 12.3. The Labute approximate surface area is 151 Å². The molecule has 1 atom stereocenters. The lowest BCUT2D eigenvalue weighted by molar-refractivity contribution is -0.137. The zero-order valence-corrected chi connectivity index (χ0v) is 14.4. The Hall–Kier alpha value is -2.74. The molecule has 1 amide bonds. The first-order valence-corrected chi connectivity index (χ1v) is 8.57. The van der Waals surface area contributed by atoms with Crippen LogP contribution in [0.4, 0.5) is 13.2 Å². The highest BCUT2D eigenvalue weighted by Gasteiger charge is 2.30. The van der Waals surface area contributed by atoms with Crippen LogP contribution in [0.5, 0.6) is 0 Å². The number of aromatic nitrogens is 2. The van der Waals surface area contributed by atoms with Crippen molar-refractivity contribution in [3.63, 3.8) is 0 Å². The highest BCUT2D eigenvalue weighted by Crippen LogP contribution is 2.30. The molecule has 2 aromatic heterocycles. The van der Waals surface area contributed by atoms with Crippen LogP contribution in [-0.2, 0) is 6.18 Å². The fourth-order valence-electron chi connectivity index (χ4n) is 2.32. The lowest BCUT2D eigenvalue weighted by Gasteiger charge is -2.15. The molecule has 0 radical (unpaired) electrons. The summed E-state index contributed by atoms with van der Waals surface area (Å²) in [5, 5.41) is 4.87. The Morgan fingerprint density at radius 3 is 2.69 bits per heavy atom. The van der Waals surface area contributed by atoms with Gasteiger partial charge in [-0.3, -0.25) is 9.78 Å². The number of nitrogens with one attached hydrogen (secondary N) is 1. The third-order valence-corrected chi connectivity index (χ3v) is 4.55. The van der Waals surface area contributed by atoms with Crippen LogP contribution in [-0.4, -0.2) is 15.9 Å². The minimum absolute atomic E-state index is 0.203. The number of benzene rings is 1. The van der Waals surface area contributed by atoms with Gasteiger partial charge in [-0.25, -0.2) is 4.98 Å². The van der Waals surface area contributed by atoms with Crippen molar-refractivity contribution < 1.29 is 18.0 Å². The Bertz CT molecular complexity index is 909. The number of carbonyl (C=O) groups excluding carboxylic acids is 1. The Balaban J connectivity index is 1.73. The van der Waals surface area contributed by atoms with Gasteiger partial charge in [0.25, 0.3) is 5.91 Å². The Morgan fingerprint density at radius 2 is 2.00 bits per heavy atom. The second-order valence-electron chi connectivity index (χ2n) is 5.57. The average Bonchev–Trinajstić information content (AvgIpc) is 3.12. The molecule has 134 valence electrons. The second-order valence-corrected chi connectivity index (χ2v) is 6.43. The van der Waals surface area contributed by atoms with Gasteiger partial charge >= 0.3 is 6.18 Å². The Morgan fingerprint density at radius 1 is 1.19 bits per heavy atom. The van der Waals surface area contributed by atoms with Crippen molar-refractivity contribution in [2.24, 2.45) is 0 Å². The zero-order valence-electron chi connectivity index (χ0n) is 13.6. The number of halogens is 3. The number of thiazole rings is 1. The molecule has 0 saturated carbocycles. The predicted octanol–water partition coefficient (Wildman–Crippen LogP) is 4.71. The maximum absolute atomic E-state index is 12.8. The van der Waals surface area contributed by atoms with Gasteiger partial charge in [0, 0.05) is 11.6 Å². The van der Waals surface area contributed by atoms with Crippen LogP contribution in [0.2, 0.25) is 0 Å². The van der Waals surface area contributed by atoms with Gasteiger partial charge in [-0.05, 0) is 36.8 Å². The number of alkyl halides is 3. The summed E-state index contributed by atoms with van der Waals surface area (Å²) in [5.41, 5.74) is 0.479. The van der Waals surface area contributed by atoms with Gasteiger partial charge < -0.3 is 5.32 Å². The highest BCUT2D eigenvalue weighted by molar-refractivity contribution is 7.13. The van der Waals surface area contributed by atoms with Gasteiger partial charge in [0.05, 0.1) is 17.3 Å². The fourth-order valence-corrected chi connectivity index (χ4v) is 3.10. The number of hydrogen-bond acceptors (Lipinski definition) is 4. The maximum atomic E-state index is 12.8. The van der Waals surface area contributed by atoms with E-state index in [1.54, 1.807) is 36.7 Å². The van der Waals surface area contributed by atoms with Crippen molar-refractivity contribution in [3.8, 4) is 10.7 Å². The minimum Gasteiger partial charge on any atom is -0.344 e. The van der Waals surface area contributed by atoms with Crippen molar-refractivity contribution in [2.75, 3.05) is 0 Å². The van der Waals surface area contributed by atoms with E-state index in [9.17, 15) is 18.0 Å². The van der Waals surface area contributed by atoms with E-state index < -0.39 is 23.7 Å². The third kappa shape index (κ3) is 4.08. The van der Waals surface area contributed by atoms with Gasteiger partial charge in [-0.1, -0.05) is 18.2 Å². The normalized spacial score (nSPS) is 12.6. The highest BCUT2D eigenvalue weighted by atomic mass is 32.1. The standard InChI is InChI=1S/C18H14F3N3OS/c1-11(12-5-4-6-13(9-12)18(19,20)21)23-16(25)15-10-26-17(24-15)14-7-2-3-8-22-14/h2-11H,1H3,(H,23,25). The molecular formula is C18H14F3N3OS. The topological polar surface area (TPSA) is 54.9 Å². The largest absolute Gasteiger partial charge is 0.416 e. The summed E-state index contributed by atoms with van der Waals surface area (Å²) in [5.74, 6) is -0.451. The third-order valence-electron chi connectivity index (χ3n) is 3.68. The molecule has 0 saturated heterocycles. The van der Waals surface area contributed by atoms with E-state index in [0.717, 1.165) is 12.1 Å². The number of amides is 1. The van der Waals surface area contributed by atoms with Crippen molar-refractivity contribution in [1.29, 1.82) is 0 Å². The number of nitrogens with zero attached hydrogens (tertiary/aromatic N) is 2. The molecule has 1 aromatic carbocycles. The van der Waals surface area contributed by atoms with Gasteiger partial charge in [-0.2, -0.15) is 13.2 Å². The smallest absolute Gasteiger partial charge is 0.344 e. The summed E-state index contributed by atoms with van der Waals surface area (Å²) in [6.07, 6.45) is -2.79. The number of hydrogen-bond donors (Lipinski definition) is 1. The number of rotatable bonds is 4. The van der Waals surface area contributed by atoms with E-state index in [2.05, 4.69) is 15.3 Å². The molecule has 0 aliphatic heterocycles. The molecule has 1 unspecified atom stereocenters. The molecule has 3 rings (SSSR count). The molecular weight excluding hydrogens is 363 g/mol. The van der Waals surface area contributed by atoms with E-state index in [1.165, 1.54) is 17.4 Å². The maximum Gasteiger partial charge on any atom is 0.416 e.